The molecule has 0 aliphatic heterocycles. The number of anilines is 1. The van der Waals surface area contributed by atoms with E-state index in [-0.39, 0.29) is 23.2 Å². The van der Waals surface area contributed by atoms with Crippen LogP contribution in [0.2, 0.25) is 5.02 Å². The van der Waals surface area contributed by atoms with Crippen molar-refractivity contribution >= 4 is 55.1 Å². The van der Waals surface area contributed by atoms with Crippen LogP contribution in [0.15, 0.2) is 46.9 Å². The summed E-state index contributed by atoms with van der Waals surface area (Å²) in [5, 5.41) is 3.09. The number of benzene rings is 2. The van der Waals surface area contributed by atoms with Crippen molar-refractivity contribution in [2.24, 2.45) is 0 Å². The van der Waals surface area contributed by atoms with Crippen molar-refractivity contribution in [3.8, 4) is 5.75 Å². The highest BCUT2D eigenvalue weighted by Crippen LogP contribution is 2.30. The van der Waals surface area contributed by atoms with Gasteiger partial charge >= 0.3 is 0 Å². The molecule has 0 aromatic heterocycles. The second kappa shape index (κ2) is 11.6. The van der Waals surface area contributed by atoms with Crippen LogP contribution in [-0.4, -0.2) is 56.6 Å². The Morgan fingerprint density at radius 2 is 1.74 bits per heavy atom. The number of methoxy groups -OCH3 is 1. The summed E-state index contributed by atoms with van der Waals surface area (Å²) in [7, 11) is -2.41. The Morgan fingerprint density at radius 3 is 2.23 bits per heavy atom. The predicted octanol–water partition coefficient (Wildman–Crippen LogP) is 4.21. The predicted molar refractivity (Wildman–Crippen MR) is 142 cm³/mol. The minimum Gasteiger partial charge on any atom is -0.495 e. The Balaban J connectivity index is 2.42. The molecule has 35 heavy (non-hydrogen) atoms. The zero-order valence-corrected chi connectivity index (χ0v) is 23.8. The molecule has 0 spiro atoms. The number of carbonyl (C=O) groups excluding carboxylic acids is 2. The van der Waals surface area contributed by atoms with E-state index in [9.17, 15) is 18.0 Å². The molecule has 8 nitrogen and oxygen atoms in total. The van der Waals surface area contributed by atoms with Crippen LogP contribution in [-0.2, 0) is 26.2 Å². The molecule has 0 aliphatic rings. The van der Waals surface area contributed by atoms with Crippen molar-refractivity contribution in [3.63, 3.8) is 0 Å². The Morgan fingerprint density at radius 1 is 1.14 bits per heavy atom. The molecule has 2 amide bonds. The maximum Gasteiger partial charge on any atom is 0.244 e. The van der Waals surface area contributed by atoms with E-state index in [0.29, 0.717) is 5.75 Å². The smallest absolute Gasteiger partial charge is 0.244 e. The fourth-order valence-electron chi connectivity index (χ4n) is 3.27. The van der Waals surface area contributed by atoms with Gasteiger partial charge < -0.3 is 15.0 Å². The third-order valence-corrected chi connectivity index (χ3v) is 7.00. The van der Waals surface area contributed by atoms with Gasteiger partial charge in [-0.2, -0.15) is 0 Å². The Kier molecular flexibility index (Phi) is 9.61. The van der Waals surface area contributed by atoms with Gasteiger partial charge in [-0.05, 0) is 63.6 Å². The maximum atomic E-state index is 13.5. The molecule has 1 N–H and O–H groups in total. The monoisotopic (exact) mass is 587 g/mol. The number of hydrogen-bond donors (Lipinski definition) is 1. The van der Waals surface area contributed by atoms with E-state index in [1.54, 1.807) is 6.92 Å². The Labute approximate surface area is 220 Å². The number of nitrogens with one attached hydrogen (secondary N) is 1. The number of carbonyl (C=O) groups is 2. The fraction of sp³-hybridized carbons (Fsp3) is 0.417. The van der Waals surface area contributed by atoms with Gasteiger partial charge in [-0.15, -0.1) is 0 Å². The molecule has 2 aromatic carbocycles. The number of nitrogens with zero attached hydrogens (tertiary/aromatic N) is 2. The van der Waals surface area contributed by atoms with E-state index in [1.165, 1.54) is 30.2 Å². The second-order valence-electron chi connectivity index (χ2n) is 9.15. The van der Waals surface area contributed by atoms with E-state index in [0.717, 1.165) is 20.6 Å². The highest BCUT2D eigenvalue weighted by molar-refractivity contribution is 9.10. The number of halogens is 2. The first kappa shape index (κ1) is 28.9. The van der Waals surface area contributed by atoms with Crippen LogP contribution >= 0.6 is 27.5 Å². The number of rotatable bonds is 9. The van der Waals surface area contributed by atoms with E-state index in [1.807, 2.05) is 45.0 Å². The lowest BCUT2D eigenvalue weighted by Gasteiger charge is -2.33. The maximum absolute atomic E-state index is 13.5. The zero-order valence-electron chi connectivity index (χ0n) is 20.6. The van der Waals surface area contributed by atoms with Crippen LogP contribution in [0, 0.1) is 0 Å². The number of hydrogen-bond acceptors (Lipinski definition) is 5. The van der Waals surface area contributed by atoms with Crippen molar-refractivity contribution in [1.82, 2.24) is 10.2 Å². The molecule has 2 aromatic rings. The van der Waals surface area contributed by atoms with Crippen molar-refractivity contribution in [2.45, 2.75) is 45.8 Å². The van der Waals surface area contributed by atoms with Crippen LogP contribution in [0.3, 0.4) is 0 Å². The van der Waals surface area contributed by atoms with Gasteiger partial charge in [-0.3, -0.25) is 13.9 Å². The topological polar surface area (TPSA) is 96.0 Å². The van der Waals surface area contributed by atoms with Crippen molar-refractivity contribution < 1.29 is 22.7 Å². The molecule has 0 fully saturated rings. The van der Waals surface area contributed by atoms with E-state index >= 15 is 0 Å². The minimum atomic E-state index is -3.86. The summed E-state index contributed by atoms with van der Waals surface area (Å²) in [5.74, 6) is -0.511. The van der Waals surface area contributed by atoms with Crippen LogP contribution in [0.25, 0.3) is 0 Å². The van der Waals surface area contributed by atoms with Gasteiger partial charge in [0.05, 0.1) is 24.1 Å². The molecule has 0 saturated heterocycles. The highest BCUT2D eigenvalue weighted by Gasteiger charge is 2.31. The first-order chi connectivity index (χ1) is 16.1. The van der Waals surface area contributed by atoms with Gasteiger partial charge in [-0.1, -0.05) is 39.7 Å². The summed E-state index contributed by atoms with van der Waals surface area (Å²) in [6.45, 7) is 6.76. The molecule has 0 heterocycles. The summed E-state index contributed by atoms with van der Waals surface area (Å²) in [4.78, 5) is 27.8. The molecule has 11 heteroatoms. The van der Waals surface area contributed by atoms with Gasteiger partial charge in [0.25, 0.3) is 0 Å². The third kappa shape index (κ3) is 8.40. The first-order valence-electron chi connectivity index (χ1n) is 10.8. The van der Waals surface area contributed by atoms with Gasteiger partial charge in [0.2, 0.25) is 21.8 Å². The first-order valence-corrected chi connectivity index (χ1v) is 13.8. The highest BCUT2D eigenvalue weighted by atomic mass is 79.9. The summed E-state index contributed by atoms with van der Waals surface area (Å²) < 4.78 is 32.2. The number of ether oxygens (including phenoxy) is 1. The normalized spacial score (nSPS) is 12.6. The van der Waals surface area contributed by atoms with Crippen LogP contribution in [0.5, 0.6) is 5.75 Å². The third-order valence-electron chi connectivity index (χ3n) is 5.03. The molecule has 0 saturated carbocycles. The largest absolute Gasteiger partial charge is 0.495 e. The molecular weight excluding hydrogens is 558 g/mol. The van der Waals surface area contributed by atoms with Crippen molar-refractivity contribution in [3.05, 3.63) is 57.5 Å². The molecule has 0 bridgehead atoms. The van der Waals surface area contributed by atoms with Crippen LogP contribution < -0.4 is 14.4 Å². The van der Waals surface area contributed by atoms with E-state index in [2.05, 4.69) is 21.2 Å². The molecule has 0 unspecified atom stereocenters. The van der Waals surface area contributed by atoms with Gasteiger partial charge in [-0.25, -0.2) is 8.42 Å². The fourth-order valence-corrected chi connectivity index (χ4v) is 4.63. The molecule has 1 atom stereocenters. The summed E-state index contributed by atoms with van der Waals surface area (Å²) in [5.41, 5.74) is 0.494. The van der Waals surface area contributed by atoms with Gasteiger partial charge in [0.1, 0.15) is 18.3 Å². The van der Waals surface area contributed by atoms with Gasteiger partial charge in [0.15, 0.2) is 0 Å². The molecule has 0 radical (unpaired) electrons. The molecule has 0 aliphatic carbocycles. The summed E-state index contributed by atoms with van der Waals surface area (Å²) in [6.07, 6.45) is 1.01. The molecular formula is C24H31BrClN3O5S. The van der Waals surface area contributed by atoms with Crippen molar-refractivity contribution in [1.29, 1.82) is 0 Å². The van der Waals surface area contributed by atoms with E-state index < -0.39 is 34.1 Å². The lowest BCUT2D eigenvalue weighted by molar-refractivity contribution is -0.140. The van der Waals surface area contributed by atoms with Crippen molar-refractivity contribution in [2.75, 3.05) is 24.2 Å². The molecule has 2 rings (SSSR count). The average Bonchev–Trinajstić information content (AvgIpc) is 2.74. The van der Waals surface area contributed by atoms with Gasteiger partial charge in [0, 0.05) is 16.6 Å². The zero-order chi connectivity index (χ0) is 26.6. The number of sulfonamides is 1. The lowest BCUT2D eigenvalue weighted by Crippen LogP contribution is -2.54. The summed E-state index contributed by atoms with van der Waals surface area (Å²) in [6, 6.07) is 10.9. The Hall–Kier alpha value is -2.30. The summed E-state index contributed by atoms with van der Waals surface area (Å²) >= 11 is 9.58. The van der Waals surface area contributed by atoms with E-state index in [4.69, 9.17) is 16.3 Å². The quantitative estimate of drug-likeness (QED) is 0.474. The minimum absolute atomic E-state index is 0.117. The second-order valence-corrected chi connectivity index (χ2v) is 12.4. The standard InChI is InChI=1S/C24H31BrClN3O5S/c1-16(23(31)27-24(2,3)4)28(14-17-7-9-18(25)10-8-17)22(30)15-29(35(6,32)33)19-11-12-21(34-5)20(26)13-19/h7-13,16H,14-15H2,1-6H3,(H,27,31)/t16-/m0/s1. The van der Waals surface area contributed by atoms with Crippen LogP contribution in [0.1, 0.15) is 33.3 Å². The average molecular weight is 589 g/mol. The SMILES string of the molecule is COc1ccc(N(CC(=O)N(Cc2ccc(Br)cc2)[C@@H](C)C(=O)NC(C)(C)C)S(C)(=O)=O)cc1Cl. The molecule has 192 valence electrons. The van der Waals surface area contributed by atoms with Crippen LogP contribution in [0.4, 0.5) is 5.69 Å². The lowest BCUT2D eigenvalue weighted by atomic mass is 10.1. The number of amides is 2. The Bertz CT molecular complexity index is 1170.